The predicted octanol–water partition coefficient (Wildman–Crippen LogP) is 2.29. The van der Waals surface area contributed by atoms with Crippen LogP contribution in [0.4, 0.5) is 0 Å². The summed E-state index contributed by atoms with van der Waals surface area (Å²) in [6.45, 7) is 0.994. The van der Waals surface area contributed by atoms with Gasteiger partial charge in [0.2, 0.25) is 0 Å². The van der Waals surface area contributed by atoms with E-state index >= 15 is 0 Å². The molecule has 0 radical (unpaired) electrons. The Hall–Kier alpha value is -2.19. The fraction of sp³-hybridized carbons (Fsp3) is 0.353. The molecule has 2 aromatic rings. The molecule has 1 aromatic carbocycles. The molecule has 1 heterocycles. The Morgan fingerprint density at radius 2 is 2.04 bits per heavy atom. The minimum atomic E-state index is -0.366. The highest BCUT2D eigenvalue weighted by atomic mass is 79.9. The Morgan fingerprint density at radius 1 is 1.24 bits per heavy atom. The van der Waals surface area contributed by atoms with E-state index in [9.17, 15) is 9.59 Å². The number of esters is 1. The first-order valence-corrected chi connectivity index (χ1v) is 8.51. The van der Waals surface area contributed by atoms with Gasteiger partial charge in [-0.15, -0.1) is 0 Å². The number of nitrogens with zero attached hydrogens (tertiary/aromatic N) is 3. The van der Waals surface area contributed by atoms with Crippen LogP contribution in [0.25, 0.3) is 5.69 Å². The second kappa shape index (κ2) is 9.33. The second-order valence-corrected chi connectivity index (χ2v) is 6.15. The molecule has 0 fully saturated rings. The molecule has 0 aliphatic carbocycles. The van der Waals surface area contributed by atoms with Gasteiger partial charge in [0.1, 0.15) is 0 Å². The summed E-state index contributed by atoms with van der Waals surface area (Å²) in [4.78, 5) is 25.6. The second-order valence-electron chi connectivity index (χ2n) is 5.24. The van der Waals surface area contributed by atoms with Gasteiger partial charge in [0, 0.05) is 30.9 Å². The molecule has 0 unspecified atom stereocenters. The van der Waals surface area contributed by atoms with Crippen LogP contribution in [-0.4, -0.2) is 60.5 Å². The molecule has 7 nitrogen and oxygen atoms in total. The van der Waals surface area contributed by atoms with Gasteiger partial charge in [0.15, 0.2) is 5.69 Å². The number of methoxy groups -OCH3 is 2. The van der Waals surface area contributed by atoms with E-state index < -0.39 is 0 Å². The lowest BCUT2D eigenvalue weighted by Crippen LogP contribution is -2.36. The third-order valence-corrected chi connectivity index (χ3v) is 4.04. The molecule has 0 N–H and O–H groups in total. The van der Waals surface area contributed by atoms with E-state index in [0.29, 0.717) is 18.8 Å². The number of carbonyl (C=O) groups excluding carboxylic acids is 2. The van der Waals surface area contributed by atoms with Crippen molar-refractivity contribution in [1.29, 1.82) is 0 Å². The smallest absolute Gasteiger partial charge is 0.307 e. The van der Waals surface area contributed by atoms with Crippen molar-refractivity contribution in [1.82, 2.24) is 14.7 Å². The van der Waals surface area contributed by atoms with Crippen molar-refractivity contribution in [3.63, 3.8) is 0 Å². The van der Waals surface area contributed by atoms with E-state index in [2.05, 4.69) is 25.8 Å². The zero-order valence-corrected chi connectivity index (χ0v) is 15.7. The number of carbonyl (C=O) groups is 2. The molecule has 25 heavy (non-hydrogen) atoms. The van der Waals surface area contributed by atoms with Gasteiger partial charge >= 0.3 is 5.97 Å². The molecule has 0 saturated heterocycles. The Bertz CT molecular complexity index is 732. The zero-order valence-electron chi connectivity index (χ0n) is 14.1. The lowest BCUT2D eigenvalue weighted by atomic mass is 10.3. The number of ether oxygens (including phenoxy) is 2. The van der Waals surface area contributed by atoms with Crippen molar-refractivity contribution in [2.45, 2.75) is 6.42 Å². The van der Waals surface area contributed by atoms with Gasteiger partial charge in [-0.1, -0.05) is 22.0 Å². The van der Waals surface area contributed by atoms with Crippen LogP contribution in [0.3, 0.4) is 0 Å². The third kappa shape index (κ3) is 5.40. The van der Waals surface area contributed by atoms with Crippen molar-refractivity contribution in [3.05, 3.63) is 46.7 Å². The number of rotatable bonds is 8. The van der Waals surface area contributed by atoms with Crippen LogP contribution in [0.5, 0.6) is 0 Å². The highest BCUT2D eigenvalue weighted by Gasteiger charge is 2.19. The maximum absolute atomic E-state index is 12.7. The van der Waals surface area contributed by atoms with E-state index in [-0.39, 0.29) is 24.8 Å². The number of aromatic nitrogens is 2. The van der Waals surface area contributed by atoms with Crippen molar-refractivity contribution in [3.8, 4) is 5.69 Å². The SMILES string of the molecule is COCCN(CCC(=O)OC)C(=O)c1ccn(-c2cccc(Br)c2)n1. The Balaban J connectivity index is 2.13. The summed E-state index contributed by atoms with van der Waals surface area (Å²) in [5.74, 6) is -0.621. The average molecular weight is 410 g/mol. The van der Waals surface area contributed by atoms with Gasteiger partial charge < -0.3 is 14.4 Å². The molecule has 1 amide bonds. The van der Waals surface area contributed by atoms with Gasteiger partial charge in [-0.25, -0.2) is 4.68 Å². The van der Waals surface area contributed by atoms with Crippen molar-refractivity contribution in [2.75, 3.05) is 33.9 Å². The fourth-order valence-electron chi connectivity index (χ4n) is 2.21. The highest BCUT2D eigenvalue weighted by Crippen LogP contribution is 2.15. The summed E-state index contributed by atoms with van der Waals surface area (Å²) in [5, 5.41) is 4.35. The number of hydrogen-bond acceptors (Lipinski definition) is 5. The van der Waals surface area contributed by atoms with Crippen LogP contribution in [0.2, 0.25) is 0 Å². The molecule has 0 saturated carbocycles. The maximum Gasteiger partial charge on any atom is 0.307 e. The first kappa shape index (κ1) is 19.1. The Morgan fingerprint density at radius 3 is 2.72 bits per heavy atom. The lowest BCUT2D eigenvalue weighted by Gasteiger charge is -2.20. The molecule has 2 rings (SSSR count). The van der Waals surface area contributed by atoms with Crippen LogP contribution in [0, 0.1) is 0 Å². The number of benzene rings is 1. The van der Waals surface area contributed by atoms with Gasteiger partial charge in [-0.05, 0) is 24.3 Å². The van der Waals surface area contributed by atoms with Crippen molar-refractivity contribution < 1.29 is 19.1 Å². The topological polar surface area (TPSA) is 73.7 Å². The Kier molecular flexibility index (Phi) is 7.15. The van der Waals surface area contributed by atoms with Crippen LogP contribution < -0.4 is 0 Å². The van der Waals surface area contributed by atoms with E-state index in [1.807, 2.05) is 24.3 Å². The first-order valence-electron chi connectivity index (χ1n) is 7.71. The molecular weight excluding hydrogens is 390 g/mol. The van der Waals surface area contributed by atoms with E-state index in [4.69, 9.17) is 4.74 Å². The van der Waals surface area contributed by atoms with E-state index in [0.717, 1.165) is 10.2 Å². The maximum atomic E-state index is 12.7. The molecule has 0 aliphatic heterocycles. The summed E-state index contributed by atoms with van der Waals surface area (Å²) in [6.07, 6.45) is 1.85. The monoisotopic (exact) mass is 409 g/mol. The van der Waals surface area contributed by atoms with Crippen molar-refractivity contribution in [2.24, 2.45) is 0 Å². The van der Waals surface area contributed by atoms with Crippen LogP contribution >= 0.6 is 15.9 Å². The fourth-order valence-corrected chi connectivity index (χ4v) is 2.59. The number of hydrogen-bond donors (Lipinski definition) is 0. The standard InChI is InChI=1S/C17H20BrN3O4/c1-24-11-10-20(8-7-16(22)25-2)17(23)15-6-9-21(19-15)14-5-3-4-13(18)12-14/h3-6,9,12H,7-8,10-11H2,1-2H3. The molecule has 0 aliphatic rings. The molecule has 0 atom stereocenters. The quantitative estimate of drug-likeness (QED) is 0.625. The van der Waals surface area contributed by atoms with Gasteiger partial charge in [0.25, 0.3) is 5.91 Å². The lowest BCUT2D eigenvalue weighted by molar-refractivity contribution is -0.140. The first-order chi connectivity index (χ1) is 12.0. The summed E-state index contributed by atoms with van der Waals surface area (Å²) in [7, 11) is 2.88. The van der Waals surface area contributed by atoms with Crippen LogP contribution in [0.1, 0.15) is 16.9 Å². The van der Waals surface area contributed by atoms with Gasteiger partial charge in [-0.3, -0.25) is 9.59 Å². The number of halogens is 1. The average Bonchev–Trinajstić information content (AvgIpc) is 3.11. The minimum absolute atomic E-state index is 0.123. The van der Waals surface area contributed by atoms with Gasteiger partial charge in [0.05, 0.1) is 25.8 Å². The summed E-state index contributed by atoms with van der Waals surface area (Å²) >= 11 is 3.41. The van der Waals surface area contributed by atoms with Crippen LogP contribution in [0.15, 0.2) is 41.0 Å². The van der Waals surface area contributed by atoms with E-state index in [1.54, 1.807) is 24.1 Å². The zero-order chi connectivity index (χ0) is 18.2. The molecule has 8 heteroatoms. The molecular formula is C17H20BrN3O4. The molecule has 0 spiro atoms. The minimum Gasteiger partial charge on any atom is -0.469 e. The summed E-state index contributed by atoms with van der Waals surface area (Å²) < 4.78 is 12.2. The normalized spacial score (nSPS) is 10.5. The number of amides is 1. The highest BCUT2D eigenvalue weighted by molar-refractivity contribution is 9.10. The molecule has 0 bridgehead atoms. The van der Waals surface area contributed by atoms with E-state index in [1.165, 1.54) is 12.0 Å². The Labute approximate surface area is 154 Å². The van der Waals surface area contributed by atoms with Gasteiger partial charge in [-0.2, -0.15) is 5.10 Å². The summed E-state index contributed by atoms with van der Waals surface area (Å²) in [5.41, 5.74) is 1.15. The summed E-state index contributed by atoms with van der Waals surface area (Å²) in [6, 6.07) is 9.26. The van der Waals surface area contributed by atoms with Crippen molar-refractivity contribution >= 4 is 27.8 Å². The predicted molar refractivity (Wildman–Crippen MR) is 95.7 cm³/mol. The largest absolute Gasteiger partial charge is 0.469 e. The third-order valence-electron chi connectivity index (χ3n) is 3.55. The van der Waals surface area contributed by atoms with Crippen LogP contribution in [-0.2, 0) is 14.3 Å². The molecule has 1 aromatic heterocycles. The molecule has 134 valence electrons.